The standard InChI is InChI=1S/C19H17NO5S2/c1-12-7-3-6-10-17(12)27(23,24)20-14-11-16(26-18(14)19(21)22)13-8-4-5-9-15(13)25-2/h3-11,20H,1-2H3,(H,21,22). The summed E-state index contributed by atoms with van der Waals surface area (Å²) < 4.78 is 33.2. The summed E-state index contributed by atoms with van der Waals surface area (Å²) in [5.41, 5.74) is 1.28. The minimum absolute atomic E-state index is 0.0247. The number of methoxy groups -OCH3 is 1. The number of carbonyl (C=O) groups is 1. The van der Waals surface area contributed by atoms with E-state index in [9.17, 15) is 18.3 Å². The number of sulfonamides is 1. The lowest BCUT2D eigenvalue weighted by molar-refractivity contribution is 0.0703. The molecule has 3 aromatic rings. The third-order valence-corrected chi connectivity index (χ3v) is 6.61. The molecule has 0 spiro atoms. The van der Waals surface area contributed by atoms with Gasteiger partial charge in [0.25, 0.3) is 10.0 Å². The van der Waals surface area contributed by atoms with E-state index in [1.165, 1.54) is 19.2 Å². The van der Waals surface area contributed by atoms with Crippen LogP contribution in [0, 0.1) is 6.92 Å². The van der Waals surface area contributed by atoms with Gasteiger partial charge in [0.1, 0.15) is 10.6 Å². The van der Waals surface area contributed by atoms with Crippen molar-refractivity contribution in [1.29, 1.82) is 0 Å². The molecule has 0 radical (unpaired) electrons. The number of carboxylic acid groups (broad SMARTS) is 1. The predicted molar refractivity (Wildman–Crippen MR) is 105 cm³/mol. The Morgan fingerprint density at radius 2 is 1.78 bits per heavy atom. The molecular formula is C19H17NO5S2. The van der Waals surface area contributed by atoms with E-state index in [0.717, 1.165) is 11.3 Å². The highest BCUT2D eigenvalue weighted by atomic mass is 32.2. The number of thiophene rings is 1. The maximum Gasteiger partial charge on any atom is 0.348 e. The van der Waals surface area contributed by atoms with Crippen LogP contribution in [0.1, 0.15) is 15.2 Å². The fraction of sp³-hybridized carbons (Fsp3) is 0.105. The van der Waals surface area contributed by atoms with E-state index in [2.05, 4.69) is 4.72 Å². The van der Waals surface area contributed by atoms with E-state index in [4.69, 9.17) is 4.74 Å². The van der Waals surface area contributed by atoms with E-state index in [-0.39, 0.29) is 15.5 Å². The molecule has 8 heteroatoms. The number of para-hydroxylation sites is 1. The van der Waals surface area contributed by atoms with Gasteiger partial charge in [-0.2, -0.15) is 0 Å². The number of rotatable bonds is 6. The Balaban J connectivity index is 2.07. The molecule has 1 heterocycles. The summed E-state index contributed by atoms with van der Waals surface area (Å²) in [6, 6.07) is 15.2. The molecule has 0 bridgehead atoms. The van der Waals surface area contributed by atoms with Crippen LogP contribution < -0.4 is 9.46 Å². The molecule has 140 valence electrons. The summed E-state index contributed by atoms with van der Waals surface area (Å²) in [6.07, 6.45) is 0. The van der Waals surface area contributed by atoms with Crippen molar-refractivity contribution in [3.05, 3.63) is 65.0 Å². The summed E-state index contributed by atoms with van der Waals surface area (Å²) in [7, 11) is -2.40. The second-order valence-corrected chi connectivity index (χ2v) is 8.43. The maximum absolute atomic E-state index is 12.7. The van der Waals surface area contributed by atoms with Crippen LogP contribution in [0.3, 0.4) is 0 Å². The van der Waals surface area contributed by atoms with Gasteiger partial charge in [-0.05, 0) is 36.8 Å². The van der Waals surface area contributed by atoms with E-state index in [1.54, 1.807) is 49.4 Å². The molecule has 0 aliphatic carbocycles. The summed E-state index contributed by atoms with van der Waals surface area (Å²) in [6.45, 7) is 1.68. The number of aryl methyl sites for hydroxylation is 1. The molecule has 0 amide bonds. The number of aromatic carboxylic acids is 1. The smallest absolute Gasteiger partial charge is 0.348 e. The normalized spacial score (nSPS) is 11.2. The molecule has 3 rings (SSSR count). The lowest BCUT2D eigenvalue weighted by Gasteiger charge is -2.09. The molecule has 0 unspecified atom stereocenters. The van der Waals surface area contributed by atoms with E-state index < -0.39 is 16.0 Å². The lowest BCUT2D eigenvalue weighted by atomic mass is 10.1. The average Bonchev–Trinajstić information content (AvgIpc) is 3.05. The monoisotopic (exact) mass is 403 g/mol. The third kappa shape index (κ3) is 3.81. The van der Waals surface area contributed by atoms with Gasteiger partial charge in [-0.3, -0.25) is 4.72 Å². The number of ether oxygens (including phenoxy) is 1. The van der Waals surface area contributed by atoms with E-state index in [0.29, 0.717) is 21.8 Å². The van der Waals surface area contributed by atoms with Crippen molar-refractivity contribution in [2.24, 2.45) is 0 Å². The van der Waals surface area contributed by atoms with Gasteiger partial charge in [-0.1, -0.05) is 30.3 Å². The molecule has 0 aliphatic heterocycles. The minimum atomic E-state index is -3.92. The van der Waals surface area contributed by atoms with E-state index in [1.807, 2.05) is 0 Å². The summed E-state index contributed by atoms with van der Waals surface area (Å²) in [5.74, 6) is -0.632. The molecule has 2 N–H and O–H groups in total. The molecule has 0 aliphatic rings. The Kier molecular flexibility index (Phi) is 5.20. The summed E-state index contributed by atoms with van der Waals surface area (Å²) in [5, 5.41) is 9.52. The zero-order valence-electron chi connectivity index (χ0n) is 14.6. The first-order chi connectivity index (χ1) is 12.8. The molecule has 2 aromatic carbocycles. The van der Waals surface area contributed by atoms with Crippen molar-refractivity contribution in [2.45, 2.75) is 11.8 Å². The first kappa shape index (κ1) is 18.9. The van der Waals surface area contributed by atoms with Gasteiger partial charge < -0.3 is 9.84 Å². The Morgan fingerprint density at radius 1 is 1.11 bits per heavy atom. The number of anilines is 1. The number of benzene rings is 2. The molecule has 0 atom stereocenters. The molecule has 0 fully saturated rings. The van der Waals surface area contributed by atoms with Crippen molar-refractivity contribution in [1.82, 2.24) is 0 Å². The van der Waals surface area contributed by atoms with Crippen LogP contribution in [0.15, 0.2) is 59.5 Å². The van der Waals surface area contributed by atoms with Gasteiger partial charge in [0.15, 0.2) is 0 Å². The minimum Gasteiger partial charge on any atom is -0.496 e. The number of hydrogen-bond acceptors (Lipinski definition) is 5. The Bertz CT molecular complexity index is 1100. The molecule has 27 heavy (non-hydrogen) atoms. The number of carboxylic acids is 1. The zero-order chi connectivity index (χ0) is 19.6. The van der Waals surface area contributed by atoms with Crippen LogP contribution >= 0.6 is 11.3 Å². The lowest BCUT2D eigenvalue weighted by Crippen LogP contribution is -2.15. The third-order valence-electron chi connectivity index (χ3n) is 3.93. The Morgan fingerprint density at radius 3 is 2.44 bits per heavy atom. The highest BCUT2D eigenvalue weighted by Gasteiger charge is 2.23. The molecule has 6 nitrogen and oxygen atoms in total. The highest BCUT2D eigenvalue weighted by Crippen LogP contribution is 2.39. The quantitative estimate of drug-likeness (QED) is 0.642. The highest BCUT2D eigenvalue weighted by molar-refractivity contribution is 7.92. The Hall–Kier alpha value is -2.84. The van der Waals surface area contributed by atoms with E-state index >= 15 is 0 Å². The van der Waals surface area contributed by atoms with Gasteiger partial charge in [0, 0.05) is 10.4 Å². The Labute approximate surface area is 161 Å². The van der Waals surface area contributed by atoms with Gasteiger partial charge in [-0.15, -0.1) is 11.3 Å². The van der Waals surface area contributed by atoms with Crippen molar-refractivity contribution in [3.8, 4) is 16.2 Å². The van der Waals surface area contributed by atoms with Gasteiger partial charge in [0.2, 0.25) is 0 Å². The van der Waals surface area contributed by atoms with Crippen molar-refractivity contribution in [3.63, 3.8) is 0 Å². The summed E-state index contributed by atoms with van der Waals surface area (Å²) >= 11 is 0.984. The first-order valence-electron chi connectivity index (χ1n) is 7.92. The average molecular weight is 403 g/mol. The van der Waals surface area contributed by atoms with Crippen LogP contribution in [0.4, 0.5) is 5.69 Å². The van der Waals surface area contributed by atoms with Crippen LogP contribution in [-0.2, 0) is 10.0 Å². The molecule has 1 aromatic heterocycles. The second kappa shape index (κ2) is 7.42. The molecule has 0 saturated carbocycles. The number of hydrogen-bond donors (Lipinski definition) is 2. The number of nitrogens with one attached hydrogen (secondary N) is 1. The van der Waals surface area contributed by atoms with Crippen molar-refractivity contribution in [2.75, 3.05) is 11.8 Å². The SMILES string of the molecule is COc1ccccc1-c1cc(NS(=O)(=O)c2ccccc2C)c(C(=O)O)s1. The topological polar surface area (TPSA) is 92.7 Å². The van der Waals surface area contributed by atoms with Crippen molar-refractivity contribution < 1.29 is 23.1 Å². The largest absolute Gasteiger partial charge is 0.496 e. The van der Waals surface area contributed by atoms with Crippen LogP contribution in [0.5, 0.6) is 5.75 Å². The fourth-order valence-corrected chi connectivity index (χ4v) is 5.02. The first-order valence-corrected chi connectivity index (χ1v) is 10.2. The second-order valence-electron chi connectivity index (χ2n) is 5.73. The zero-order valence-corrected chi connectivity index (χ0v) is 16.2. The van der Waals surface area contributed by atoms with Crippen molar-refractivity contribution >= 4 is 33.0 Å². The molecular weight excluding hydrogens is 386 g/mol. The van der Waals surface area contributed by atoms with Crippen LogP contribution in [-0.4, -0.2) is 26.6 Å². The fourth-order valence-electron chi connectivity index (χ4n) is 2.66. The predicted octanol–water partition coefficient (Wildman–Crippen LogP) is 4.23. The van der Waals surface area contributed by atoms with Gasteiger partial charge >= 0.3 is 5.97 Å². The maximum atomic E-state index is 12.7. The van der Waals surface area contributed by atoms with Gasteiger partial charge in [0.05, 0.1) is 17.7 Å². The van der Waals surface area contributed by atoms with Crippen LogP contribution in [0.25, 0.3) is 10.4 Å². The van der Waals surface area contributed by atoms with Gasteiger partial charge in [-0.25, -0.2) is 13.2 Å². The molecule has 0 saturated heterocycles. The summed E-state index contributed by atoms with van der Waals surface area (Å²) in [4.78, 5) is 12.3. The van der Waals surface area contributed by atoms with Crippen LogP contribution in [0.2, 0.25) is 0 Å².